The summed E-state index contributed by atoms with van der Waals surface area (Å²) in [6.45, 7) is 8.07. The number of fused-ring (bicyclic) bond motifs is 1. The molecule has 0 radical (unpaired) electrons. The Hall–Kier alpha value is -1.22. The molecule has 0 spiro atoms. The zero-order valence-electron chi connectivity index (χ0n) is 10.8. The van der Waals surface area contributed by atoms with Crippen LogP contribution in [0.4, 0.5) is 11.4 Å². The van der Waals surface area contributed by atoms with Crippen LogP contribution in [0.3, 0.4) is 0 Å². The molecule has 0 saturated heterocycles. The summed E-state index contributed by atoms with van der Waals surface area (Å²) in [7, 11) is 0. The second kappa shape index (κ2) is 5.41. The van der Waals surface area contributed by atoms with Crippen molar-refractivity contribution < 1.29 is 4.74 Å². The van der Waals surface area contributed by atoms with E-state index in [1.54, 1.807) is 0 Å². The van der Waals surface area contributed by atoms with Crippen LogP contribution >= 0.6 is 0 Å². The molecule has 0 saturated carbocycles. The largest absolute Gasteiger partial charge is 0.399 e. The summed E-state index contributed by atoms with van der Waals surface area (Å²) in [5.74, 6) is 0.612. The van der Waals surface area contributed by atoms with E-state index in [1.807, 2.05) is 6.07 Å². The fourth-order valence-electron chi connectivity index (χ4n) is 2.22. The van der Waals surface area contributed by atoms with E-state index >= 15 is 0 Å². The smallest absolute Gasteiger partial charge is 0.0641 e. The normalized spacial score (nSPS) is 14.4. The molecule has 0 amide bonds. The fourth-order valence-corrected chi connectivity index (χ4v) is 2.22. The monoisotopic (exact) mass is 234 g/mol. The molecule has 0 aliphatic carbocycles. The molecule has 17 heavy (non-hydrogen) atoms. The third-order valence-corrected chi connectivity index (χ3v) is 3.05. The Balaban J connectivity index is 1.85. The summed E-state index contributed by atoms with van der Waals surface area (Å²) >= 11 is 0. The second-order valence-electron chi connectivity index (χ2n) is 5.09. The molecule has 0 atom stereocenters. The molecule has 3 heteroatoms. The number of ether oxygens (including phenoxy) is 1. The second-order valence-corrected chi connectivity index (χ2v) is 5.09. The van der Waals surface area contributed by atoms with Crippen molar-refractivity contribution in [3.8, 4) is 0 Å². The molecule has 1 aromatic carbocycles. The van der Waals surface area contributed by atoms with E-state index in [4.69, 9.17) is 10.5 Å². The van der Waals surface area contributed by atoms with Crippen LogP contribution in [0.25, 0.3) is 0 Å². The molecule has 1 heterocycles. The molecule has 1 aliphatic heterocycles. The van der Waals surface area contributed by atoms with E-state index in [0.29, 0.717) is 5.92 Å². The van der Waals surface area contributed by atoms with Gasteiger partial charge in [0.15, 0.2) is 0 Å². The highest BCUT2D eigenvalue weighted by Gasteiger charge is 2.18. The third-order valence-electron chi connectivity index (χ3n) is 3.05. The van der Waals surface area contributed by atoms with Crippen LogP contribution in [-0.2, 0) is 11.2 Å². The number of hydrogen-bond acceptors (Lipinski definition) is 3. The SMILES string of the molecule is CC(C)COCCN1CCc2cc(N)ccc21. The fraction of sp³-hybridized carbons (Fsp3) is 0.571. The lowest BCUT2D eigenvalue weighted by Crippen LogP contribution is -2.25. The van der Waals surface area contributed by atoms with Gasteiger partial charge in [-0.1, -0.05) is 13.8 Å². The maximum atomic E-state index is 5.79. The first kappa shape index (κ1) is 12.2. The van der Waals surface area contributed by atoms with Crippen molar-refractivity contribution >= 4 is 11.4 Å². The summed E-state index contributed by atoms with van der Waals surface area (Å²) in [4.78, 5) is 2.38. The maximum Gasteiger partial charge on any atom is 0.0641 e. The predicted molar refractivity (Wildman–Crippen MR) is 72.4 cm³/mol. The van der Waals surface area contributed by atoms with E-state index in [-0.39, 0.29) is 0 Å². The van der Waals surface area contributed by atoms with E-state index in [9.17, 15) is 0 Å². The van der Waals surface area contributed by atoms with Gasteiger partial charge in [-0.25, -0.2) is 0 Å². The van der Waals surface area contributed by atoms with Gasteiger partial charge in [0.05, 0.1) is 6.61 Å². The number of benzene rings is 1. The number of anilines is 2. The van der Waals surface area contributed by atoms with Gasteiger partial charge in [-0.3, -0.25) is 0 Å². The molecule has 3 nitrogen and oxygen atoms in total. The summed E-state index contributed by atoms with van der Waals surface area (Å²) in [5, 5.41) is 0. The number of nitrogens with zero attached hydrogens (tertiary/aromatic N) is 1. The Morgan fingerprint density at radius 2 is 2.24 bits per heavy atom. The Labute approximate surface area is 104 Å². The summed E-state index contributed by atoms with van der Waals surface area (Å²) in [6.07, 6.45) is 1.10. The van der Waals surface area contributed by atoms with Crippen molar-refractivity contribution in [2.75, 3.05) is 36.9 Å². The highest BCUT2D eigenvalue weighted by Crippen LogP contribution is 2.29. The van der Waals surface area contributed by atoms with Gasteiger partial charge >= 0.3 is 0 Å². The van der Waals surface area contributed by atoms with Gasteiger partial charge in [0.25, 0.3) is 0 Å². The maximum absolute atomic E-state index is 5.79. The molecule has 0 bridgehead atoms. The minimum Gasteiger partial charge on any atom is -0.399 e. The standard InChI is InChI=1S/C14H22N2O/c1-11(2)10-17-8-7-16-6-5-12-9-13(15)3-4-14(12)16/h3-4,9,11H,5-8,10,15H2,1-2H3. The van der Waals surface area contributed by atoms with Crippen LogP contribution in [0, 0.1) is 5.92 Å². The van der Waals surface area contributed by atoms with Gasteiger partial charge in [0.1, 0.15) is 0 Å². The third kappa shape index (κ3) is 3.13. The molecule has 0 aromatic heterocycles. The van der Waals surface area contributed by atoms with Crippen molar-refractivity contribution in [2.24, 2.45) is 5.92 Å². The zero-order valence-corrected chi connectivity index (χ0v) is 10.8. The molecule has 2 N–H and O–H groups in total. The Morgan fingerprint density at radius 3 is 3.00 bits per heavy atom. The number of hydrogen-bond donors (Lipinski definition) is 1. The molecule has 0 fully saturated rings. The first-order valence-electron chi connectivity index (χ1n) is 6.38. The molecule has 0 unspecified atom stereocenters. The summed E-state index contributed by atoms with van der Waals surface area (Å²) in [5.41, 5.74) is 9.35. The number of nitrogens with two attached hydrogens (primary N) is 1. The van der Waals surface area contributed by atoms with Crippen LogP contribution in [-0.4, -0.2) is 26.3 Å². The van der Waals surface area contributed by atoms with Crippen molar-refractivity contribution in [1.29, 1.82) is 0 Å². The molecule has 1 aromatic rings. The van der Waals surface area contributed by atoms with Crippen LogP contribution in [0.2, 0.25) is 0 Å². The quantitative estimate of drug-likeness (QED) is 0.627. The number of rotatable bonds is 5. The van der Waals surface area contributed by atoms with Crippen molar-refractivity contribution in [3.63, 3.8) is 0 Å². The topological polar surface area (TPSA) is 38.5 Å². The van der Waals surface area contributed by atoms with Crippen molar-refractivity contribution in [3.05, 3.63) is 23.8 Å². The lowest BCUT2D eigenvalue weighted by atomic mass is 10.1. The van der Waals surface area contributed by atoms with E-state index < -0.39 is 0 Å². The van der Waals surface area contributed by atoms with E-state index in [0.717, 1.165) is 38.4 Å². The van der Waals surface area contributed by atoms with Gasteiger partial charge in [0.2, 0.25) is 0 Å². The average molecular weight is 234 g/mol. The van der Waals surface area contributed by atoms with Gasteiger partial charge in [-0.15, -0.1) is 0 Å². The Morgan fingerprint density at radius 1 is 1.41 bits per heavy atom. The lowest BCUT2D eigenvalue weighted by Gasteiger charge is -2.19. The first-order chi connectivity index (χ1) is 8.16. The first-order valence-corrected chi connectivity index (χ1v) is 6.38. The highest BCUT2D eigenvalue weighted by atomic mass is 16.5. The molecular weight excluding hydrogens is 212 g/mol. The summed E-state index contributed by atoms with van der Waals surface area (Å²) < 4.78 is 5.63. The Kier molecular flexibility index (Phi) is 3.89. The zero-order chi connectivity index (χ0) is 12.3. The van der Waals surface area contributed by atoms with E-state index in [1.165, 1.54) is 11.3 Å². The molecule has 2 rings (SSSR count). The van der Waals surface area contributed by atoms with Crippen LogP contribution in [0.5, 0.6) is 0 Å². The average Bonchev–Trinajstić information content (AvgIpc) is 2.66. The van der Waals surface area contributed by atoms with Crippen molar-refractivity contribution in [1.82, 2.24) is 0 Å². The van der Waals surface area contributed by atoms with Crippen LogP contribution in [0.1, 0.15) is 19.4 Å². The number of nitrogen functional groups attached to an aromatic ring is 1. The molecule has 1 aliphatic rings. The predicted octanol–water partition coefficient (Wildman–Crippen LogP) is 2.30. The van der Waals surface area contributed by atoms with Gasteiger partial charge in [-0.05, 0) is 36.1 Å². The molecular formula is C14H22N2O. The minimum absolute atomic E-state index is 0.612. The van der Waals surface area contributed by atoms with Crippen molar-refractivity contribution in [2.45, 2.75) is 20.3 Å². The summed E-state index contributed by atoms with van der Waals surface area (Å²) in [6, 6.07) is 6.19. The van der Waals surface area contributed by atoms with Crippen LogP contribution in [0.15, 0.2) is 18.2 Å². The van der Waals surface area contributed by atoms with Crippen LogP contribution < -0.4 is 10.6 Å². The minimum atomic E-state index is 0.612. The van der Waals surface area contributed by atoms with E-state index in [2.05, 4.69) is 30.9 Å². The highest BCUT2D eigenvalue weighted by molar-refractivity contribution is 5.62. The van der Waals surface area contributed by atoms with Gasteiger partial charge < -0.3 is 15.4 Å². The van der Waals surface area contributed by atoms with Gasteiger partial charge in [-0.2, -0.15) is 0 Å². The van der Waals surface area contributed by atoms with Gasteiger partial charge in [0, 0.05) is 31.1 Å². The Bertz CT molecular complexity index is 376. The lowest BCUT2D eigenvalue weighted by molar-refractivity contribution is 0.115. The molecule has 94 valence electrons.